The molecule has 2 rings (SSSR count). The number of fused-ring (bicyclic) bond motifs is 1. The average Bonchev–Trinajstić information content (AvgIpc) is 2.44. The molecule has 100 valence electrons. The molecule has 0 fully saturated rings. The van der Waals surface area contributed by atoms with E-state index in [1.165, 1.54) is 0 Å². The lowest BCUT2D eigenvalue weighted by atomic mass is 10.1. The number of nitrogens with zero attached hydrogens (tertiary/aromatic N) is 1. The monoisotopic (exact) mass is 258 g/mol. The molecule has 0 saturated carbocycles. The Hall–Kier alpha value is -1.94. The van der Waals surface area contributed by atoms with Gasteiger partial charge in [0.15, 0.2) is 0 Å². The first-order valence-electron chi connectivity index (χ1n) is 6.39. The standard InChI is InChI=1S/C15H18N2O2/c1-19-10-4-9-16-14(18)11-13-6-2-5-12-7-3-8-17-15(12)13/h2-3,5-8H,4,9-11H2,1H3,(H,16,18). The summed E-state index contributed by atoms with van der Waals surface area (Å²) in [4.78, 5) is 16.2. The third kappa shape index (κ3) is 3.76. The van der Waals surface area contributed by atoms with E-state index in [-0.39, 0.29) is 5.91 Å². The van der Waals surface area contributed by atoms with E-state index in [2.05, 4.69) is 10.3 Å². The first kappa shape index (κ1) is 13.5. The number of aromatic nitrogens is 1. The third-order valence-corrected chi connectivity index (χ3v) is 2.91. The first-order chi connectivity index (χ1) is 9.31. The molecule has 1 aromatic carbocycles. The van der Waals surface area contributed by atoms with E-state index in [4.69, 9.17) is 4.74 Å². The number of rotatable bonds is 6. The van der Waals surface area contributed by atoms with Crippen molar-refractivity contribution in [1.82, 2.24) is 10.3 Å². The maximum atomic E-state index is 11.8. The fourth-order valence-corrected chi connectivity index (χ4v) is 1.99. The summed E-state index contributed by atoms with van der Waals surface area (Å²) < 4.78 is 4.94. The van der Waals surface area contributed by atoms with Crippen LogP contribution in [0.3, 0.4) is 0 Å². The van der Waals surface area contributed by atoms with Gasteiger partial charge in [0.25, 0.3) is 0 Å². The lowest BCUT2D eigenvalue weighted by molar-refractivity contribution is -0.120. The average molecular weight is 258 g/mol. The molecule has 0 aliphatic heterocycles. The van der Waals surface area contributed by atoms with Crippen LogP contribution in [0, 0.1) is 0 Å². The summed E-state index contributed by atoms with van der Waals surface area (Å²) >= 11 is 0. The molecular formula is C15H18N2O2. The van der Waals surface area contributed by atoms with Gasteiger partial charge < -0.3 is 10.1 Å². The number of ether oxygens (including phenoxy) is 1. The number of hydrogen-bond donors (Lipinski definition) is 1. The van der Waals surface area contributed by atoms with Gasteiger partial charge in [0.2, 0.25) is 5.91 Å². The highest BCUT2D eigenvalue weighted by Gasteiger charge is 2.07. The van der Waals surface area contributed by atoms with Gasteiger partial charge in [-0.1, -0.05) is 24.3 Å². The number of para-hydroxylation sites is 1. The quantitative estimate of drug-likeness (QED) is 0.805. The van der Waals surface area contributed by atoms with Crippen molar-refractivity contribution in [3.63, 3.8) is 0 Å². The minimum atomic E-state index is 0.0225. The van der Waals surface area contributed by atoms with Crippen LogP contribution in [0.4, 0.5) is 0 Å². The van der Waals surface area contributed by atoms with Crippen LogP contribution in [-0.4, -0.2) is 31.2 Å². The molecule has 4 heteroatoms. The van der Waals surface area contributed by atoms with Gasteiger partial charge >= 0.3 is 0 Å². The largest absolute Gasteiger partial charge is 0.385 e. The summed E-state index contributed by atoms with van der Waals surface area (Å²) in [7, 11) is 1.66. The summed E-state index contributed by atoms with van der Waals surface area (Å²) in [6.07, 6.45) is 2.94. The molecule has 0 radical (unpaired) electrons. The molecule has 0 aliphatic carbocycles. The van der Waals surface area contributed by atoms with Gasteiger partial charge in [-0.25, -0.2) is 0 Å². The van der Waals surface area contributed by atoms with Crippen molar-refractivity contribution in [2.45, 2.75) is 12.8 Å². The van der Waals surface area contributed by atoms with Crippen LogP contribution in [0.2, 0.25) is 0 Å². The molecule has 1 aromatic heterocycles. The third-order valence-electron chi connectivity index (χ3n) is 2.91. The second-order valence-corrected chi connectivity index (χ2v) is 4.37. The minimum absolute atomic E-state index is 0.0225. The summed E-state index contributed by atoms with van der Waals surface area (Å²) in [5.74, 6) is 0.0225. The van der Waals surface area contributed by atoms with Crippen molar-refractivity contribution in [1.29, 1.82) is 0 Å². The Labute approximate surface area is 112 Å². The molecule has 0 spiro atoms. The van der Waals surface area contributed by atoms with Crippen LogP contribution in [0.5, 0.6) is 0 Å². The normalized spacial score (nSPS) is 10.6. The fraction of sp³-hybridized carbons (Fsp3) is 0.333. The van der Waals surface area contributed by atoms with E-state index in [0.717, 1.165) is 22.9 Å². The van der Waals surface area contributed by atoms with E-state index >= 15 is 0 Å². The maximum Gasteiger partial charge on any atom is 0.224 e. The molecular weight excluding hydrogens is 240 g/mol. The number of carbonyl (C=O) groups excluding carboxylic acids is 1. The minimum Gasteiger partial charge on any atom is -0.385 e. The summed E-state index contributed by atoms with van der Waals surface area (Å²) in [5.41, 5.74) is 1.86. The van der Waals surface area contributed by atoms with Crippen molar-refractivity contribution in [2.75, 3.05) is 20.3 Å². The zero-order valence-corrected chi connectivity index (χ0v) is 11.1. The number of carbonyl (C=O) groups is 1. The molecule has 0 bridgehead atoms. The van der Waals surface area contributed by atoms with Gasteiger partial charge in [0.05, 0.1) is 11.9 Å². The summed E-state index contributed by atoms with van der Waals surface area (Å²) in [5, 5.41) is 3.95. The molecule has 0 atom stereocenters. The fourth-order valence-electron chi connectivity index (χ4n) is 1.99. The highest BCUT2D eigenvalue weighted by molar-refractivity contribution is 5.87. The van der Waals surface area contributed by atoms with Gasteiger partial charge in [-0.15, -0.1) is 0 Å². The smallest absolute Gasteiger partial charge is 0.224 e. The van der Waals surface area contributed by atoms with E-state index < -0.39 is 0 Å². The number of nitrogens with one attached hydrogen (secondary N) is 1. The van der Waals surface area contributed by atoms with Gasteiger partial charge in [0.1, 0.15) is 0 Å². The Bertz CT molecular complexity index is 549. The van der Waals surface area contributed by atoms with E-state index in [9.17, 15) is 4.79 Å². The van der Waals surface area contributed by atoms with Crippen LogP contribution in [0.25, 0.3) is 10.9 Å². The SMILES string of the molecule is COCCCNC(=O)Cc1cccc2cccnc12. The van der Waals surface area contributed by atoms with Crippen LogP contribution in [-0.2, 0) is 16.0 Å². The van der Waals surface area contributed by atoms with Crippen molar-refractivity contribution >= 4 is 16.8 Å². The van der Waals surface area contributed by atoms with Gasteiger partial charge in [-0.3, -0.25) is 9.78 Å². The number of pyridine rings is 1. The molecule has 0 unspecified atom stereocenters. The number of methoxy groups -OCH3 is 1. The molecule has 19 heavy (non-hydrogen) atoms. The van der Waals surface area contributed by atoms with Crippen LogP contribution in [0.1, 0.15) is 12.0 Å². The van der Waals surface area contributed by atoms with Crippen LogP contribution < -0.4 is 5.32 Å². The van der Waals surface area contributed by atoms with E-state index in [1.54, 1.807) is 13.3 Å². The van der Waals surface area contributed by atoms with Crippen LogP contribution in [0.15, 0.2) is 36.5 Å². The Balaban J connectivity index is 1.99. The van der Waals surface area contributed by atoms with Crippen molar-refractivity contribution < 1.29 is 9.53 Å². The number of amides is 1. The second kappa shape index (κ2) is 6.85. The Morgan fingerprint density at radius 3 is 3.00 bits per heavy atom. The van der Waals surface area contributed by atoms with Crippen molar-refractivity contribution in [3.8, 4) is 0 Å². The van der Waals surface area contributed by atoms with Crippen molar-refractivity contribution in [2.24, 2.45) is 0 Å². The van der Waals surface area contributed by atoms with Gasteiger partial charge in [0, 0.05) is 31.8 Å². The van der Waals surface area contributed by atoms with E-state index in [0.29, 0.717) is 19.6 Å². The predicted octanol–water partition coefficient (Wildman–Crippen LogP) is 1.93. The Morgan fingerprint density at radius 1 is 1.32 bits per heavy atom. The first-order valence-corrected chi connectivity index (χ1v) is 6.39. The zero-order valence-electron chi connectivity index (χ0n) is 11.1. The molecule has 1 amide bonds. The highest BCUT2D eigenvalue weighted by Crippen LogP contribution is 2.16. The van der Waals surface area contributed by atoms with Crippen LogP contribution >= 0.6 is 0 Å². The molecule has 4 nitrogen and oxygen atoms in total. The number of benzene rings is 1. The molecule has 2 aromatic rings. The maximum absolute atomic E-state index is 11.8. The Morgan fingerprint density at radius 2 is 2.16 bits per heavy atom. The predicted molar refractivity (Wildman–Crippen MR) is 74.9 cm³/mol. The summed E-state index contributed by atoms with van der Waals surface area (Å²) in [6.45, 7) is 1.31. The lowest BCUT2D eigenvalue weighted by Crippen LogP contribution is -2.26. The molecule has 0 saturated heterocycles. The van der Waals surface area contributed by atoms with Crippen molar-refractivity contribution in [3.05, 3.63) is 42.1 Å². The topological polar surface area (TPSA) is 51.2 Å². The molecule has 1 N–H and O–H groups in total. The molecule has 0 aliphatic rings. The summed E-state index contributed by atoms with van der Waals surface area (Å²) in [6, 6.07) is 9.81. The second-order valence-electron chi connectivity index (χ2n) is 4.37. The molecule has 1 heterocycles. The number of hydrogen-bond acceptors (Lipinski definition) is 3. The Kier molecular flexibility index (Phi) is 4.86. The van der Waals surface area contributed by atoms with Gasteiger partial charge in [-0.2, -0.15) is 0 Å². The van der Waals surface area contributed by atoms with Gasteiger partial charge in [-0.05, 0) is 18.1 Å². The zero-order chi connectivity index (χ0) is 13.5. The van der Waals surface area contributed by atoms with E-state index in [1.807, 2.05) is 30.3 Å². The lowest BCUT2D eigenvalue weighted by Gasteiger charge is -2.07. The highest BCUT2D eigenvalue weighted by atomic mass is 16.5.